The van der Waals surface area contributed by atoms with E-state index in [9.17, 15) is 4.79 Å². The zero-order valence-corrected chi connectivity index (χ0v) is 11.8. The van der Waals surface area contributed by atoms with Crippen molar-refractivity contribution in [2.75, 3.05) is 18.4 Å². The largest absolute Gasteiger partial charge is 0.325 e. The van der Waals surface area contributed by atoms with Crippen LogP contribution in [0.3, 0.4) is 0 Å². The number of rotatable bonds is 2. The molecule has 1 saturated heterocycles. The van der Waals surface area contributed by atoms with E-state index in [2.05, 4.69) is 28.8 Å². The second-order valence-electron chi connectivity index (χ2n) is 6.38. The molecule has 2 heterocycles. The lowest BCUT2D eigenvalue weighted by molar-refractivity contribution is -0.119. The molecule has 0 aliphatic carbocycles. The molecular formula is C16H22N2O. The van der Waals surface area contributed by atoms with Crippen molar-refractivity contribution >= 4 is 11.6 Å². The average Bonchev–Trinajstić information content (AvgIpc) is 2.62. The van der Waals surface area contributed by atoms with Crippen molar-refractivity contribution in [1.29, 1.82) is 0 Å². The van der Waals surface area contributed by atoms with Crippen LogP contribution in [0.25, 0.3) is 0 Å². The van der Waals surface area contributed by atoms with Crippen LogP contribution < -0.4 is 10.6 Å². The summed E-state index contributed by atoms with van der Waals surface area (Å²) in [7, 11) is 0. The van der Waals surface area contributed by atoms with Crippen molar-refractivity contribution in [2.24, 2.45) is 5.92 Å². The Labute approximate surface area is 114 Å². The number of carbonyl (C=O) groups is 1. The van der Waals surface area contributed by atoms with Crippen molar-refractivity contribution in [3.8, 4) is 0 Å². The van der Waals surface area contributed by atoms with Gasteiger partial charge in [0.1, 0.15) is 0 Å². The predicted octanol–water partition coefficient (Wildman–Crippen LogP) is 2.46. The maximum Gasteiger partial charge on any atom is 0.234 e. The molecule has 1 aromatic rings. The van der Waals surface area contributed by atoms with Gasteiger partial charge in [0.2, 0.25) is 5.91 Å². The van der Waals surface area contributed by atoms with Gasteiger partial charge in [-0.05, 0) is 69.3 Å². The van der Waals surface area contributed by atoms with Gasteiger partial charge in [0.15, 0.2) is 0 Å². The minimum Gasteiger partial charge on any atom is -0.325 e. The SMILES string of the molecule is CC1(C)C(=O)Nc2ccc(CC3CCCNC3)cc21. The summed E-state index contributed by atoms with van der Waals surface area (Å²) < 4.78 is 0. The number of anilines is 1. The number of hydrogen-bond donors (Lipinski definition) is 2. The molecule has 1 unspecified atom stereocenters. The molecule has 3 rings (SSSR count). The van der Waals surface area contributed by atoms with Crippen LogP contribution in [0.2, 0.25) is 0 Å². The summed E-state index contributed by atoms with van der Waals surface area (Å²) >= 11 is 0. The fourth-order valence-corrected chi connectivity index (χ4v) is 3.18. The van der Waals surface area contributed by atoms with Crippen molar-refractivity contribution < 1.29 is 4.79 Å². The maximum atomic E-state index is 11.9. The number of piperidine rings is 1. The van der Waals surface area contributed by atoms with Crippen molar-refractivity contribution in [3.63, 3.8) is 0 Å². The monoisotopic (exact) mass is 258 g/mol. The molecule has 2 aliphatic rings. The molecule has 1 atom stereocenters. The van der Waals surface area contributed by atoms with Crippen LogP contribution >= 0.6 is 0 Å². The third kappa shape index (κ3) is 2.27. The van der Waals surface area contributed by atoms with Gasteiger partial charge in [0.25, 0.3) is 0 Å². The van der Waals surface area contributed by atoms with Gasteiger partial charge in [0, 0.05) is 5.69 Å². The molecule has 0 saturated carbocycles. The predicted molar refractivity (Wildman–Crippen MR) is 77.4 cm³/mol. The van der Waals surface area contributed by atoms with E-state index in [1.54, 1.807) is 0 Å². The number of nitrogens with one attached hydrogen (secondary N) is 2. The van der Waals surface area contributed by atoms with E-state index >= 15 is 0 Å². The zero-order chi connectivity index (χ0) is 13.5. The molecule has 2 aliphatic heterocycles. The molecule has 0 radical (unpaired) electrons. The first kappa shape index (κ1) is 12.7. The van der Waals surface area contributed by atoms with E-state index in [0.29, 0.717) is 0 Å². The highest BCUT2D eigenvalue weighted by Gasteiger charge is 2.38. The molecular weight excluding hydrogens is 236 g/mol. The van der Waals surface area contributed by atoms with Gasteiger partial charge in [-0.25, -0.2) is 0 Å². The fraction of sp³-hybridized carbons (Fsp3) is 0.562. The van der Waals surface area contributed by atoms with Crippen LogP contribution in [-0.2, 0) is 16.6 Å². The summed E-state index contributed by atoms with van der Waals surface area (Å²) in [6, 6.07) is 6.45. The molecule has 3 heteroatoms. The summed E-state index contributed by atoms with van der Waals surface area (Å²) in [5.74, 6) is 0.846. The Kier molecular flexibility index (Phi) is 3.09. The van der Waals surface area contributed by atoms with Crippen LogP contribution in [0.1, 0.15) is 37.8 Å². The Morgan fingerprint density at radius 3 is 2.95 bits per heavy atom. The first-order valence-corrected chi connectivity index (χ1v) is 7.23. The molecule has 1 aromatic carbocycles. The highest BCUT2D eigenvalue weighted by atomic mass is 16.2. The van der Waals surface area contributed by atoms with E-state index in [-0.39, 0.29) is 5.91 Å². The molecule has 2 N–H and O–H groups in total. The Hall–Kier alpha value is -1.35. The summed E-state index contributed by atoms with van der Waals surface area (Å²) in [6.45, 7) is 6.28. The van der Waals surface area contributed by atoms with Gasteiger partial charge < -0.3 is 10.6 Å². The smallest absolute Gasteiger partial charge is 0.234 e. The summed E-state index contributed by atoms with van der Waals surface area (Å²) in [6.07, 6.45) is 3.70. The highest BCUT2D eigenvalue weighted by molar-refractivity contribution is 6.05. The first-order valence-electron chi connectivity index (χ1n) is 7.23. The highest BCUT2D eigenvalue weighted by Crippen LogP contribution is 2.38. The normalized spacial score (nSPS) is 24.9. The average molecular weight is 258 g/mol. The topological polar surface area (TPSA) is 41.1 Å². The number of hydrogen-bond acceptors (Lipinski definition) is 2. The van der Waals surface area contributed by atoms with Crippen LogP contribution in [0.15, 0.2) is 18.2 Å². The maximum absolute atomic E-state index is 11.9. The number of amides is 1. The molecule has 0 aromatic heterocycles. The van der Waals surface area contributed by atoms with Gasteiger partial charge in [0.05, 0.1) is 5.41 Å². The van der Waals surface area contributed by atoms with Crippen LogP contribution in [0.5, 0.6) is 0 Å². The first-order chi connectivity index (χ1) is 9.07. The summed E-state index contributed by atoms with van der Waals surface area (Å²) in [5, 5.41) is 6.43. The van der Waals surface area contributed by atoms with E-state index in [1.807, 2.05) is 13.8 Å². The lowest BCUT2D eigenvalue weighted by atomic mass is 9.84. The molecule has 0 bridgehead atoms. The van der Waals surface area contributed by atoms with Gasteiger partial charge in [-0.15, -0.1) is 0 Å². The minimum atomic E-state index is -0.393. The van der Waals surface area contributed by atoms with E-state index in [1.165, 1.54) is 18.4 Å². The van der Waals surface area contributed by atoms with Gasteiger partial charge in [-0.2, -0.15) is 0 Å². The van der Waals surface area contributed by atoms with E-state index in [0.717, 1.165) is 36.7 Å². The van der Waals surface area contributed by atoms with Gasteiger partial charge in [-0.1, -0.05) is 12.1 Å². The molecule has 3 nitrogen and oxygen atoms in total. The number of benzene rings is 1. The third-order valence-electron chi connectivity index (χ3n) is 4.50. The lowest BCUT2D eigenvalue weighted by Gasteiger charge is -2.23. The second-order valence-corrected chi connectivity index (χ2v) is 6.38. The Bertz CT molecular complexity index is 501. The Morgan fingerprint density at radius 2 is 2.21 bits per heavy atom. The van der Waals surface area contributed by atoms with Crippen LogP contribution in [0, 0.1) is 5.92 Å². The molecule has 102 valence electrons. The quantitative estimate of drug-likeness (QED) is 0.855. The third-order valence-corrected chi connectivity index (χ3v) is 4.50. The van der Waals surface area contributed by atoms with Crippen molar-refractivity contribution in [2.45, 2.75) is 38.5 Å². The molecule has 0 spiro atoms. The van der Waals surface area contributed by atoms with Crippen molar-refractivity contribution in [3.05, 3.63) is 29.3 Å². The summed E-state index contributed by atoms with van der Waals surface area (Å²) in [4.78, 5) is 11.9. The molecule has 19 heavy (non-hydrogen) atoms. The Morgan fingerprint density at radius 1 is 1.37 bits per heavy atom. The molecule has 1 amide bonds. The van der Waals surface area contributed by atoms with E-state index < -0.39 is 5.41 Å². The van der Waals surface area contributed by atoms with Gasteiger partial charge in [-0.3, -0.25) is 4.79 Å². The lowest BCUT2D eigenvalue weighted by Crippen LogP contribution is -2.31. The second kappa shape index (κ2) is 4.64. The van der Waals surface area contributed by atoms with Gasteiger partial charge >= 0.3 is 0 Å². The summed E-state index contributed by atoms with van der Waals surface area (Å²) in [5.41, 5.74) is 3.10. The minimum absolute atomic E-state index is 0.110. The zero-order valence-electron chi connectivity index (χ0n) is 11.8. The molecule has 1 fully saturated rings. The van der Waals surface area contributed by atoms with Crippen LogP contribution in [-0.4, -0.2) is 19.0 Å². The van der Waals surface area contributed by atoms with Crippen molar-refractivity contribution in [1.82, 2.24) is 5.32 Å². The van der Waals surface area contributed by atoms with Crippen LogP contribution in [0.4, 0.5) is 5.69 Å². The fourth-order valence-electron chi connectivity index (χ4n) is 3.18. The number of carbonyl (C=O) groups excluding carboxylic acids is 1. The number of fused-ring (bicyclic) bond motifs is 1. The van der Waals surface area contributed by atoms with E-state index in [4.69, 9.17) is 0 Å². The standard InChI is InChI=1S/C16H22N2O/c1-16(2)13-9-11(5-6-14(13)18-15(16)19)8-12-4-3-7-17-10-12/h5-6,9,12,17H,3-4,7-8,10H2,1-2H3,(H,18,19). The Balaban J connectivity index is 1.82.